The Hall–Kier alpha value is -3.07. The minimum absolute atomic E-state index is 0.113. The summed E-state index contributed by atoms with van der Waals surface area (Å²) in [4.78, 5) is 23.7. The van der Waals surface area contributed by atoms with Gasteiger partial charge < -0.3 is 19.9 Å². The molecule has 2 atom stereocenters. The van der Waals surface area contributed by atoms with Crippen LogP contribution in [-0.2, 0) is 16.1 Å². The van der Waals surface area contributed by atoms with Crippen molar-refractivity contribution in [2.24, 2.45) is 5.92 Å². The lowest BCUT2D eigenvalue weighted by Gasteiger charge is -2.24. The second kappa shape index (κ2) is 10.8. The number of carbonyl (C=O) groups excluding carboxylic acids is 1. The van der Waals surface area contributed by atoms with Gasteiger partial charge in [-0.2, -0.15) is 8.78 Å². The topological polar surface area (TPSA) is 84.9 Å². The van der Waals surface area contributed by atoms with E-state index in [-0.39, 0.29) is 18.1 Å². The number of ether oxygens (including phenoxy) is 2. The minimum atomic E-state index is -3.16. The van der Waals surface area contributed by atoms with E-state index in [1.54, 1.807) is 32.9 Å². The molecule has 0 aliphatic heterocycles. The van der Waals surface area contributed by atoms with Crippen LogP contribution >= 0.6 is 0 Å². The third-order valence-electron chi connectivity index (χ3n) is 4.52. The fourth-order valence-corrected chi connectivity index (χ4v) is 2.87. The van der Waals surface area contributed by atoms with E-state index < -0.39 is 42.2 Å². The number of nitrogens with one attached hydrogen (secondary N) is 1. The summed E-state index contributed by atoms with van der Waals surface area (Å²) in [7, 11) is 0. The van der Waals surface area contributed by atoms with Gasteiger partial charge in [0.25, 0.3) is 0 Å². The first kappa shape index (κ1) is 24.2. The van der Waals surface area contributed by atoms with Crippen LogP contribution in [-0.4, -0.2) is 29.7 Å². The molecule has 2 aromatic carbocycles. The van der Waals surface area contributed by atoms with Crippen molar-refractivity contribution in [1.29, 1.82) is 0 Å². The maximum atomic E-state index is 13.6. The van der Waals surface area contributed by atoms with Crippen molar-refractivity contribution < 1.29 is 37.3 Å². The first-order valence-corrected chi connectivity index (χ1v) is 9.57. The van der Waals surface area contributed by atoms with Gasteiger partial charge >= 0.3 is 12.6 Å². The van der Waals surface area contributed by atoms with Gasteiger partial charge in [0.1, 0.15) is 6.10 Å². The molecule has 0 spiro atoms. The quantitative estimate of drug-likeness (QED) is 0.568. The van der Waals surface area contributed by atoms with Crippen LogP contribution in [0.15, 0.2) is 42.5 Å². The van der Waals surface area contributed by atoms with Crippen molar-refractivity contribution in [3.05, 3.63) is 65.0 Å². The van der Waals surface area contributed by atoms with Crippen LogP contribution < -0.4 is 10.1 Å². The van der Waals surface area contributed by atoms with Gasteiger partial charge in [-0.3, -0.25) is 4.79 Å². The second-order valence-corrected chi connectivity index (χ2v) is 7.28. The highest BCUT2D eigenvalue weighted by molar-refractivity contribution is 5.87. The van der Waals surface area contributed by atoms with E-state index >= 15 is 0 Å². The molecule has 2 aromatic rings. The lowest BCUT2D eigenvalue weighted by molar-refractivity contribution is -0.137. The van der Waals surface area contributed by atoms with Crippen molar-refractivity contribution in [3.8, 4) is 5.75 Å². The third-order valence-corrected chi connectivity index (χ3v) is 4.52. The number of carbonyl (C=O) groups is 2. The number of halogens is 3. The van der Waals surface area contributed by atoms with Crippen LogP contribution in [0.3, 0.4) is 0 Å². The number of carboxylic acid groups (broad SMARTS) is 1. The van der Waals surface area contributed by atoms with Crippen LogP contribution in [0.2, 0.25) is 0 Å². The summed E-state index contributed by atoms with van der Waals surface area (Å²) in [5, 5.41) is 11.8. The number of hydrogen-bond donors (Lipinski definition) is 2. The smallest absolute Gasteiger partial charge is 0.387 e. The van der Waals surface area contributed by atoms with Gasteiger partial charge in [0, 0.05) is 0 Å². The normalized spacial score (nSPS) is 13.2. The zero-order chi connectivity index (χ0) is 23.1. The molecule has 0 unspecified atom stereocenters. The molecule has 0 aliphatic carbocycles. The maximum absolute atomic E-state index is 13.6. The molecule has 9 heteroatoms. The van der Waals surface area contributed by atoms with Gasteiger partial charge in [-0.05, 0) is 48.2 Å². The number of aromatic carboxylic acids is 1. The van der Waals surface area contributed by atoms with Crippen molar-refractivity contribution in [1.82, 2.24) is 5.32 Å². The van der Waals surface area contributed by atoms with E-state index in [0.717, 1.165) is 12.1 Å². The average molecular weight is 439 g/mol. The average Bonchev–Trinajstić information content (AvgIpc) is 2.69. The Labute approximate surface area is 178 Å². The van der Waals surface area contributed by atoms with Gasteiger partial charge in [-0.15, -0.1) is 0 Å². The van der Waals surface area contributed by atoms with E-state index in [0.29, 0.717) is 11.1 Å². The molecule has 0 aliphatic rings. The number of amides is 1. The van der Waals surface area contributed by atoms with Gasteiger partial charge in [0.2, 0.25) is 5.91 Å². The summed E-state index contributed by atoms with van der Waals surface area (Å²) in [5.41, 5.74) is 1.22. The molecule has 2 rings (SSSR count). The molecule has 1 amide bonds. The molecule has 168 valence electrons. The Balaban J connectivity index is 2.03. The molecule has 0 saturated carbocycles. The summed E-state index contributed by atoms with van der Waals surface area (Å²) in [6.07, 6.45) is -0.856. The molecule has 31 heavy (non-hydrogen) atoms. The van der Waals surface area contributed by atoms with E-state index in [2.05, 4.69) is 10.1 Å². The first-order chi connectivity index (χ1) is 14.6. The predicted molar refractivity (Wildman–Crippen MR) is 106 cm³/mol. The number of carboxylic acids is 1. The number of hydrogen-bond acceptors (Lipinski definition) is 4. The summed E-state index contributed by atoms with van der Waals surface area (Å²) >= 11 is 0. The van der Waals surface area contributed by atoms with Crippen LogP contribution in [0.1, 0.15) is 48.3 Å². The summed E-state index contributed by atoms with van der Waals surface area (Å²) in [5.74, 6) is -3.17. The zero-order valence-corrected chi connectivity index (χ0v) is 17.3. The van der Waals surface area contributed by atoms with Crippen LogP contribution in [0, 0.1) is 11.7 Å². The molecule has 2 N–H and O–H groups in total. The first-order valence-electron chi connectivity index (χ1n) is 9.57. The van der Waals surface area contributed by atoms with Gasteiger partial charge in [0.15, 0.2) is 11.6 Å². The standard InChI is InChI=1S/C22H24F3NO5/c1-12(2)19(30-11-14-4-9-17(23)18(10-14)31-22(24)25)20(27)26-13(3)15-5-7-16(8-6-15)21(28)29/h4-10,12-13,19,22H,11H2,1-3H3,(H,26,27)(H,28,29)/t13-,19-/m0/s1. The highest BCUT2D eigenvalue weighted by Crippen LogP contribution is 2.22. The Kier molecular flexibility index (Phi) is 8.44. The molecule has 0 aromatic heterocycles. The van der Waals surface area contributed by atoms with Gasteiger partial charge in [-0.1, -0.05) is 32.0 Å². The largest absolute Gasteiger partial charge is 0.478 e. The van der Waals surface area contributed by atoms with Crippen LogP contribution in [0.5, 0.6) is 5.75 Å². The lowest BCUT2D eigenvalue weighted by Crippen LogP contribution is -2.40. The van der Waals surface area contributed by atoms with Crippen molar-refractivity contribution in [2.75, 3.05) is 0 Å². The zero-order valence-electron chi connectivity index (χ0n) is 17.3. The van der Waals surface area contributed by atoms with Gasteiger partial charge in [-0.25, -0.2) is 9.18 Å². The van der Waals surface area contributed by atoms with Crippen molar-refractivity contribution in [2.45, 2.75) is 46.1 Å². The molecule has 0 radical (unpaired) electrons. The van der Waals surface area contributed by atoms with E-state index in [1.165, 1.54) is 18.2 Å². The monoisotopic (exact) mass is 439 g/mol. The second-order valence-electron chi connectivity index (χ2n) is 7.28. The molecule has 0 heterocycles. The highest BCUT2D eigenvalue weighted by atomic mass is 19.3. The van der Waals surface area contributed by atoms with Crippen LogP contribution in [0.25, 0.3) is 0 Å². The molecular formula is C22H24F3NO5. The third kappa shape index (κ3) is 6.99. The minimum Gasteiger partial charge on any atom is -0.478 e. The Morgan fingerprint density at radius 2 is 1.71 bits per heavy atom. The Morgan fingerprint density at radius 3 is 2.26 bits per heavy atom. The van der Waals surface area contributed by atoms with Crippen molar-refractivity contribution >= 4 is 11.9 Å². The SMILES string of the molecule is CC(C)[C@H](OCc1ccc(F)c(OC(F)F)c1)C(=O)N[C@@H](C)c1ccc(C(=O)O)cc1. The van der Waals surface area contributed by atoms with Gasteiger partial charge in [0.05, 0.1) is 18.2 Å². The lowest BCUT2D eigenvalue weighted by atomic mass is 10.0. The fourth-order valence-electron chi connectivity index (χ4n) is 2.87. The predicted octanol–water partition coefficient (Wildman–Crippen LogP) is 4.54. The molecular weight excluding hydrogens is 415 g/mol. The van der Waals surface area contributed by atoms with Crippen molar-refractivity contribution in [3.63, 3.8) is 0 Å². The highest BCUT2D eigenvalue weighted by Gasteiger charge is 2.25. The van der Waals surface area contributed by atoms with E-state index in [1.807, 2.05) is 0 Å². The molecule has 6 nitrogen and oxygen atoms in total. The number of benzene rings is 2. The van der Waals surface area contributed by atoms with Crippen LogP contribution in [0.4, 0.5) is 13.2 Å². The summed E-state index contributed by atoms with van der Waals surface area (Å²) < 4.78 is 48.1. The Bertz CT molecular complexity index is 903. The van der Waals surface area contributed by atoms with E-state index in [4.69, 9.17) is 9.84 Å². The maximum Gasteiger partial charge on any atom is 0.387 e. The summed E-state index contributed by atoms with van der Waals surface area (Å²) in [6.45, 7) is 2.04. The van der Waals surface area contributed by atoms with E-state index in [9.17, 15) is 22.8 Å². The fraction of sp³-hybridized carbons (Fsp3) is 0.364. The Morgan fingerprint density at radius 1 is 1.06 bits per heavy atom. The number of alkyl halides is 2. The molecule has 0 saturated heterocycles. The summed E-state index contributed by atoms with van der Waals surface area (Å²) in [6, 6.07) is 9.17. The number of rotatable bonds is 10. The molecule has 0 bridgehead atoms. The molecule has 0 fully saturated rings.